The molecule has 2 atom stereocenters. The van der Waals surface area contributed by atoms with Gasteiger partial charge >= 0.3 is 12.0 Å². The van der Waals surface area contributed by atoms with Crippen LogP contribution in [-0.2, 0) is 15.6 Å². The number of hydrogen-bond acceptors (Lipinski definition) is 3. The van der Waals surface area contributed by atoms with Gasteiger partial charge in [-0.2, -0.15) is 0 Å². The minimum atomic E-state index is -0.868. The first kappa shape index (κ1) is 19.9. The minimum Gasteiger partial charge on any atom is -0.481 e. The smallest absolute Gasteiger partial charge is 0.314 e. The van der Waals surface area contributed by atoms with E-state index in [1.54, 1.807) is 6.26 Å². The molecule has 0 aromatic heterocycles. The van der Waals surface area contributed by atoms with Crippen LogP contribution in [0.5, 0.6) is 0 Å². The number of carbonyl (C=O) groups is 2. The Hall–Kier alpha value is -1.11. The van der Waals surface area contributed by atoms with Crippen LogP contribution in [0.1, 0.15) is 46.5 Å². The average Bonchev–Trinajstić information content (AvgIpc) is 2.36. The van der Waals surface area contributed by atoms with Gasteiger partial charge in [-0.05, 0) is 24.7 Å². The Bertz CT molecular complexity index is 372. The average molecular weight is 320 g/mol. The van der Waals surface area contributed by atoms with Crippen molar-refractivity contribution in [3.8, 4) is 0 Å². The number of amides is 2. The first-order valence-corrected chi connectivity index (χ1v) is 8.82. The van der Waals surface area contributed by atoms with Gasteiger partial charge in [0.25, 0.3) is 0 Å². The van der Waals surface area contributed by atoms with E-state index in [0.29, 0.717) is 25.9 Å². The summed E-state index contributed by atoms with van der Waals surface area (Å²) >= 11 is 0. The number of carboxylic acids is 1. The summed E-state index contributed by atoms with van der Waals surface area (Å²) in [6.07, 6.45) is 3.80. The van der Waals surface area contributed by atoms with E-state index in [1.165, 1.54) is 0 Å². The number of carbonyl (C=O) groups excluding carboxylic acids is 1. The molecule has 0 aliphatic rings. The van der Waals surface area contributed by atoms with Gasteiger partial charge in [0.15, 0.2) is 0 Å². The summed E-state index contributed by atoms with van der Waals surface area (Å²) in [5.41, 5.74) is -0.112. The highest BCUT2D eigenvalue weighted by atomic mass is 32.2. The maximum absolute atomic E-state index is 11.6. The van der Waals surface area contributed by atoms with Crippen molar-refractivity contribution in [1.29, 1.82) is 0 Å². The number of carboxylic acid groups (broad SMARTS) is 1. The number of hydrogen-bond donors (Lipinski definition) is 3. The fourth-order valence-electron chi connectivity index (χ4n) is 1.70. The number of nitrogens with one attached hydrogen (secondary N) is 2. The molecule has 2 unspecified atom stereocenters. The van der Waals surface area contributed by atoms with Crippen molar-refractivity contribution >= 4 is 22.8 Å². The molecule has 21 heavy (non-hydrogen) atoms. The molecule has 0 radical (unpaired) electrons. The lowest BCUT2D eigenvalue weighted by atomic mass is 9.84. The molecule has 2 amide bonds. The molecule has 3 N–H and O–H groups in total. The van der Waals surface area contributed by atoms with Crippen LogP contribution in [0.2, 0.25) is 0 Å². The van der Waals surface area contributed by atoms with Crippen LogP contribution in [0.4, 0.5) is 4.79 Å². The Kier molecular flexibility index (Phi) is 9.24. The van der Waals surface area contributed by atoms with Gasteiger partial charge in [0.05, 0.1) is 0 Å². The Balaban J connectivity index is 3.78. The second kappa shape index (κ2) is 9.76. The Morgan fingerprint density at radius 1 is 1.19 bits per heavy atom. The Morgan fingerprint density at radius 2 is 1.76 bits per heavy atom. The first-order valence-electron chi connectivity index (χ1n) is 7.20. The van der Waals surface area contributed by atoms with Gasteiger partial charge in [0.2, 0.25) is 0 Å². The summed E-state index contributed by atoms with van der Waals surface area (Å²) in [6, 6.07) is -0.238. The molecule has 0 saturated heterocycles. The van der Waals surface area contributed by atoms with Gasteiger partial charge in [0, 0.05) is 41.8 Å². The Labute approximate surface area is 129 Å². The monoisotopic (exact) mass is 320 g/mol. The van der Waals surface area contributed by atoms with Crippen LogP contribution in [0.3, 0.4) is 0 Å². The fraction of sp³-hybridized carbons (Fsp3) is 0.857. The topological polar surface area (TPSA) is 95.5 Å². The quantitative estimate of drug-likeness (QED) is 0.571. The predicted molar refractivity (Wildman–Crippen MR) is 84.8 cm³/mol. The van der Waals surface area contributed by atoms with Crippen LogP contribution >= 0.6 is 0 Å². The van der Waals surface area contributed by atoms with E-state index in [4.69, 9.17) is 5.11 Å². The van der Waals surface area contributed by atoms with E-state index in [0.717, 1.165) is 6.42 Å². The molecule has 0 aromatic rings. The zero-order valence-corrected chi connectivity index (χ0v) is 14.2. The molecule has 6 nitrogen and oxygen atoms in total. The number of rotatable bonds is 10. The van der Waals surface area contributed by atoms with Crippen LogP contribution < -0.4 is 10.6 Å². The highest BCUT2D eigenvalue weighted by Gasteiger charge is 2.19. The van der Waals surface area contributed by atoms with Crippen molar-refractivity contribution in [2.24, 2.45) is 5.41 Å². The van der Waals surface area contributed by atoms with E-state index >= 15 is 0 Å². The van der Waals surface area contributed by atoms with Crippen LogP contribution in [0, 0.1) is 5.41 Å². The molecule has 0 aliphatic heterocycles. The van der Waals surface area contributed by atoms with Gasteiger partial charge in [0.1, 0.15) is 0 Å². The Morgan fingerprint density at radius 3 is 2.29 bits per heavy atom. The van der Waals surface area contributed by atoms with Crippen LogP contribution in [-0.4, -0.2) is 45.9 Å². The van der Waals surface area contributed by atoms with Crippen molar-refractivity contribution in [3.63, 3.8) is 0 Å². The lowest BCUT2D eigenvalue weighted by Crippen LogP contribution is -2.38. The zero-order chi connectivity index (χ0) is 16.5. The van der Waals surface area contributed by atoms with Crippen LogP contribution in [0.15, 0.2) is 0 Å². The third-order valence-electron chi connectivity index (χ3n) is 3.51. The van der Waals surface area contributed by atoms with E-state index in [1.807, 2.05) is 20.8 Å². The molecule has 7 heteroatoms. The van der Waals surface area contributed by atoms with E-state index in [2.05, 4.69) is 10.6 Å². The zero-order valence-electron chi connectivity index (χ0n) is 13.4. The molecular formula is C14H28N2O4S. The van der Waals surface area contributed by atoms with Crippen LogP contribution in [0.25, 0.3) is 0 Å². The van der Waals surface area contributed by atoms with E-state index in [-0.39, 0.29) is 23.1 Å². The molecule has 124 valence electrons. The van der Waals surface area contributed by atoms with Crippen molar-refractivity contribution in [3.05, 3.63) is 0 Å². The largest absolute Gasteiger partial charge is 0.481 e. The molecule has 0 aromatic carbocycles. The number of aliphatic carboxylic acids is 1. The molecule has 0 spiro atoms. The summed E-state index contributed by atoms with van der Waals surface area (Å²) in [5.74, 6) is -0.795. The normalized spacial score (nSPS) is 14.3. The summed E-state index contributed by atoms with van der Waals surface area (Å²) in [4.78, 5) is 22.1. The highest BCUT2D eigenvalue weighted by Crippen LogP contribution is 2.25. The molecule has 0 fully saturated rings. The predicted octanol–water partition coefficient (Wildman–Crippen LogP) is 1.72. The number of urea groups is 1. The molecule has 0 heterocycles. The molecular weight excluding hydrogens is 292 g/mol. The van der Waals surface area contributed by atoms with Gasteiger partial charge < -0.3 is 15.7 Å². The summed E-state index contributed by atoms with van der Waals surface area (Å²) in [7, 11) is -0.868. The molecule has 0 saturated carbocycles. The van der Waals surface area contributed by atoms with Crippen molar-refractivity contribution in [2.75, 3.05) is 19.3 Å². The third kappa shape index (κ3) is 11.2. The summed E-state index contributed by atoms with van der Waals surface area (Å²) < 4.78 is 11.2. The first-order chi connectivity index (χ1) is 9.64. The van der Waals surface area contributed by atoms with Gasteiger partial charge in [-0.25, -0.2) is 4.79 Å². The minimum absolute atomic E-state index is 0.0697. The highest BCUT2D eigenvalue weighted by molar-refractivity contribution is 7.84. The van der Waals surface area contributed by atoms with Crippen molar-refractivity contribution in [1.82, 2.24) is 10.6 Å². The lowest BCUT2D eigenvalue weighted by Gasteiger charge is -2.23. The summed E-state index contributed by atoms with van der Waals surface area (Å²) in [5, 5.41) is 14.2. The third-order valence-corrected chi connectivity index (χ3v) is 4.88. The molecule has 0 aliphatic carbocycles. The SMILES string of the molecule is CC(CCNC(=O)NCCC(C)(C)CCC(=O)O)S(C)=O. The second-order valence-corrected chi connectivity index (χ2v) is 7.89. The molecule has 0 rings (SSSR count). The maximum Gasteiger partial charge on any atom is 0.314 e. The standard InChI is InChI=1S/C14H28N2O4S/c1-11(21(4)20)6-9-15-13(19)16-10-8-14(2,3)7-5-12(17)18/h11H,5-10H2,1-4H3,(H,17,18)(H2,15,16,19). The van der Waals surface area contributed by atoms with E-state index in [9.17, 15) is 13.8 Å². The maximum atomic E-state index is 11.6. The fourth-order valence-corrected chi connectivity index (χ4v) is 2.15. The summed E-state index contributed by atoms with van der Waals surface area (Å²) in [6.45, 7) is 6.88. The van der Waals surface area contributed by atoms with Gasteiger partial charge in [-0.3, -0.25) is 9.00 Å². The molecule has 0 bridgehead atoms. The van der Waals surface area contributed by atoms with Gasteiger partial charge in [-0.15, -0.1) is 0 Å². The van der Waals surface area contributed by atoms with E-state index < -0.39 is 16.8 Å². The van der Waals surface area contributed by atoms with Crippen molar-refractivity contribution in [2.45, 2.75) is 51.7 Å². The van der Waals surface area contributed by atoms with Crippen molar-refractivity contribution < 1.29 is 18.9 Å². The van der Waals surface area contributed by atoms with Gasteiger partial charge in [-0.1, -0.05) is 20.8 Å². The lowest BCUT2D eigenvalue weighted by molar-refractivity contribution is -0.137. The second-order valence-electron chi connectivity index (χ2n) is 6.09.